The van der Waals surface area contributed by atoms with Crippen LogP contribution in [0.2, 0.25) is 5.02 Å². The fourth-order valence-corrected chi connectivity index (χ4v) is 5.06. The number of halogens is 1. The van der Waals surface area contributed by atoms with E-state index in [1.807, 2.05) is 62.7 Å². The van der Waals surface area contributed by atoms with Crippen LogP contribution in [0.5, 0.6) is 5.88 Å². The summed E-state index contributed by atoms with van der Waals surface area (Å²) in [7, 11) is 0. The number of amides is 1. The zero-order chi connectivity index (χ0) is 28.9. The van der Waals surface area contributed by atoms with E-state index in [4.69, 9.17) is 16.3 Å². The van der Waals surface area contributed by atoms with Crippen molar-refractivity contribution >= 4 is 29.0 Å². The van der Waals surface area contributed by atoms with E-state index >= 15 is 0 Å². The third-order valence-electron chi connectivity index (χ3n) is 7.31. The molecule has 3 aromatic rings. The zero-order valence-electron chi connectivity index (χ0n) is 23.7. The molecule has 1 aliphatic heterocycles. The summed E-state index contributed by atoms with van der Waals surface area (Å²) in [5.74, 6) is -0.152. The van der Waals surface area contributed by atoms with Gasteiger partial charge < -0.3 is 15.0 Å². The van der Waals surface area contributed by atoms with Gasteiger partial charge in [0.15, 0.2) is 5.78 Å². The third-order valence-corrected chi connectivity index (χ3v) is 7.51. The number of nitrogens with zero attached hydrogens (tertiary/aromatic N) is 4. The topological polar surface area (TPSA) is 98.5 Å². The minimum absolute atomic E-state index is 0.146. The molecule has 0 spiro atoms. The number of hydrogen-bond donors (Lipinski definition) is 1. The maximum Gasteiger partial charge on any atom is 0.295 e. The van der Waals surface area contributed by atoms with Crippen LogP contribution in [-0.2, 0) is 11.3 Å². The van der Waals surface area contributed by atoms with Crippen LogP contribution in [0, 0.1) is 12.3 Å². The van der Waals surface area contributed by atoms with Gasteiger partial charge in [-0.2, -0.15) is 0 Å². The number of carbonyl (C=O) groups excluding carboxylic acids is 2. The van der Waals surface area contributed by atoms with Gasteiger partial charge in [0.1, 0.15) is 5.69 Å². The lowest BCUT2D eigenvalue weighted by molar-refractivity contribution is -0.118. The number of para-hydroxylation sites is 1. The number of hydrogen-bond acceptors (Lipinski definition) is 6. The Balaban J connectivity index is 1.46. The number of ether oxygens (including phenoxy) is 1. The molecule has 10 heteroatoms. The van der Waals surface area contributed by atoms with Gasteiger partial charge in [-0.05, 0) is 63.4 Å². The van der Waals surface area contributed by atoms with Crippen LogP contribution in [0.15, 0.2) is 47.4 Å². The third kappa shape index (κ3) is 7.01. The van der Waals surface area contributed by atoms with E-state index in [0.717, 1.165) is 25.3 Å². The second kappa shape index (κ2) is 12.8. The van der Waals surface area contributed by atoms with Crippen LogP contribution in [0.3, 0.4) is 0 Å². The highest BCUT2D eigenvalue weighted by molar-refractivity contribution is 6.30. The van der Waals surface area contributed by atoms with Gasteiger partial charge >= 0.3 is 0 Å². The van der Waals surface area contributed by atoms with Crippen molar-refractivity contribution in [3.63, 3.8) is 0 Å². The summed E-state index contributed by atoms with van der Waals surface area (Å²) in [6, 6.07) is 11.0. The molecule has 1 aromatic carbocycles. The lowest BCUT2D eigenvalue weighted by Gasteiger charge is -2.31. The first-order valence-corrected chi connectivity index (χ1v) is 14.2. The average molecular weight is 568 g/mol. The maximum absolute atomic E-state index is 13.6. The molecule has 1 fully saturated rings. The molecule has 0 aliphatic carbocycles. The van der Waals surface area contributed by atoms with E-state index in [1.165, 1.54) is 12.6 Å². The molecule has 1 aliphatic rings. The predicted molar refractivity (Wildman–Crippen MR) is 157 cm³/mol. The molecule has 0 radical (unpaired) electrons. The first-order chi connectivity index (χ1) is 19.1. The van der Waals surface area contributed by atoms with E-state index in [2.05, 4.69) is 15.2 Å². The van der Waals surface area contributed by atoms with Gasteiger partial charge in [0.25, 0.3) is 5.56 Å². The van der Waals surface area contributed by atoms with Crippen LogP contribution in [-0.4, -0.2) is 57.2 Å². The number of Topliss-reactive ketones (excluding diaryl/α,β-unsaturated/α-hetero) is 1. The molecule has 4 rings (SSSR count). The Morgan fingerprint density at radius 3 is 2.52 bits per heavy atom. The monoisotopic (exact) mass is 567 g/mol. The smallest absolute Gasteiger partial charge is 0.295 e. The average Bonchev–Trinajstić information content (AvgIpc) is 3.12. The normalized spacial score (nSPS) is 13.6. The van der Waals surface area contributed by atoms with Gasteiger partial charge in [0.2, 0.25) is 11.8 Å². The van der Waals surface area contributed by atoms with E-state index in [0.29, 0.717) is 35.9 Å². The highest BCUT2D eigenvalue weighted by Crippen LogP contribution is 2.30. The van der Waals surface area contributed by atoms with Crippen molar-refractivity contribution in [2.75, 3.05) is 31.6 Å². The van der Waals surface area contributed by atoms with Gasteiger partial charge in [0.05, 0.1) is 35.1 Å². The number of ketones is 1. The van der Waals surface area contributed by atoms with Crippen LogP contribution in [0.25, 0.3) is 5.69 Å². The number of rotatable bonds is 13. The van der Waals surface area contributed by atoms with Crippen molar-refractivity contribution in [3.05, 3.63) is 69.2 Å². The molecule has 0 bridgehead atoms. The predicted octanol–water partition coefficient (Wildman–Crippen LogP) is 5.12. The molecule has 214 valence electrons. The van der Waals surface area contributed by atoms with Gasteiger partial charge in [-0.1, -0.05) is 43.6 Å². The second-order valence-corrected chi connectivity index (χ2v) is 11.4. The van der Waals surface area contributed by atoms with E-state index in [9.17, 15) is 14.4 Å². The number of carbonyl (C=O) groups is 2. The van der Waals surface area contributed by atoms with Crippen molar-refractivity contribution in [2.45, 2.75) is 59.9 Å². The number of aromatic nitrogens is 3. The van der Waals surface area contributed by atoms with Crippen molar-refractivity contribution in [1.29, 1.82) is 0 Å². The largest absolute Gasteiger partial charge is 0.477 e. The van der Waals surface area contributed by atoms with E-state index in [-0.39, 0.29) is 41.7 Å². The maximum atomic E-state index is 13.6. The highest BCUT2D eigenvalue weighted by atomic mass is 35.5. The van der Waals surface area contributed by atoms with Gasteiger partial charge in [0, 0.05) is 25.6 Å². The molecule has 2 aromatic heterocycles. The summed E-state index contributed by atoms with van der Waals surface area (Å²) >= 11 is 6.07. The Kier molecular flexibility index (Phi) is 9.48. The number of nitrogens with one attached hydrogen (secondary N) is 1. The number of likely N-dealkylation sites (tertiary alicyclic amines) is 1. The van der Waals surface area contributed by atoms with Gasteiger partial charge in [-0.3, -0.25) is 19.1 Å². The van der Waals surface area contributed by atoms with Gasteiger partial charge in [-0.15, -0.1) is 0 Å². The van der Waals surface area contributed by atoms with Crippen molar-refractivity contribution < 1.29 is 14.3 Å². The van der Waals surface area contributed by atoms with Crippen LogP contribution in [0.1, 0.15) is 62.5 Å². The SMILES string of the molecule is CCOc1ncc(Cl)cc1C(=O)CCC(C)(C)CC(=O)Nc1c(C)n(CCN2CCC2)n(-c2ccccc2)c1=O. The Morgan fingerprint density at radius 2 is 1.88 bits per heavy atom. The zero-order valence-corrected chi connectivity index (χ0v) is 24.5. The summed E-state index contributed by atoms with van der Waals surface area (Å²) in [6.45, 7) is 11.6. The Morgan fingerprint density at radius 1 is 1.15 bits per heavy atom. The summed E-state index contributed by atoms with van der Waals surface area (Å²) in [5.41, 5.74) is 1.34. The lowest BCUT2D eigenvalue weighted by Crippen LogP contribution is -2.40. The number of pyridine rings is 1. The van der Waals surface area contributed by atoms with Crippen molar-refractivity contribution in [2.24, 2.45) is 5.41 Å². The van der Waals surface area contributed by atoms with Crippen LogP contribution in [0.4, 0.5) is 5.69 Å². The first kappa shape index (κ1) is 29.6. The molecule has 9 nitrogen and oxygen atoms in total. The fraction of sp³-hybridized carbons (Fsp3) is 0.467. The van der Waals surface area contributed by atoms with Crippen molar-refractivity contribution in [3.8, 4) is 11.6 Å². The minimum Gasteiger partial charge on any atom is -0.477 e. The van der Waals surface area contributed by atoms with Crippen LogP contribution >= 0.6 is 11.6 Å². The lowest BCUT2D eigenvalue weighted by atomic mass is 9.83. The highest BCUT2D eigenvalue weighted by Gasteiger charge is 2.27. The number of benzene rings is 1. The molecule has 1 saturated heterocycles. The second-order valence-electron chi connectivity index (χ2n) is 11.0. The van der Waals surface area contributed by atoms with E-state index < -0.39 is 5.41 Å². The summed E-state index contributed by atoms with van der Waals surface area (Å²) in [4.78, 5) is 46.2. The Hall–Kier alpha value is -3.43. The van der Waals surface area contributed by atoms with Gasteiger partial charge in [-0.25, -0.2) is 9.67 Å². The molecular formula is C30H38ClN5O4. The Labute approximate surface area is 240 Å². The molecule has 1 amide bonds. The molecule has 3 heterocycles. The number of anilines is 1. The standard InChI is InChI=1S/C30H38ClN5O4/c1-5-40-28-24(18-22(31)20-32-28)25(37)12-13-30(3,4)19-26(38)33-27-21(2)35(17-16-34-14-9-15-34)36(29(27)39)23-10-7-6-8-11-23/h6-8,10-11,18,20H,5,9,12-17,19H2,1-4H3,(H,33,38). The summed E-state index contributed by atoms with van der Waals surface area (Å²) < 4.78 is 9.08. The summed E-state index contributed by atoms with van der Waals surface area (Å²) in [5, 5.41) is 3.25. The fourth-order valence-electron chi connectivity index (χ4n) is 4.90. The van der Waals surface area contributed by atoms with Crippen molar-refractivity contribution in [1.82, 2.24) is 19.2 Å². The minimum atomic E-state index is -0.496. The summed E-state index contributed by atoms with van der Waals surface area (Å²) in [6.07, 6.45) is 3.46. The first-order valence-electron chi connectivity index (χ1n) is 13.8. The molecule has 0 saturated carbocycles. The molecule has 0 atom stereocenters. The molecular weight excluding hydrogens is 530 g/mol. The van der Waals surface area contributed by atoms with Crippen LogP contribution < -0.4 is 15.6 Å². The van der Waals surface area contributed by atoms with E-state index in [1.54, 1.807) is 10.7 Å². The molecule has 40 heavy (non-hydrogen) atoms. The molecule has 0 unspecified atom stereocenters. The Bertz CT molecular complexity index is 1410. The molecule has 1 N–H and O–H groups in total. The quantitative estimate of drug-likeness (QED) is 0.288.